The van der Waals surface area contributed by atoms with Gasteiger partial charge >= 0.3 is 0 Å². The minimum Gasteiger partial charge on any atom is -0.363 e. The molecule has 0 saturated heterocycles. The van der Waals surface area contributed by atoms with E-state index in [1.165, 1.54) is 0 Å². The van der Waals surface area contributed by atoms with Crippen molar-refractivity contribution in [1.82, 2.24) is 20.4 Å². The van der Waals surface area contributed by atoms with Crippen molar-refractivity contribution in [3.05, 3.63) is 16.9 Å². The summed E-state index contributed by atoms with van der Waals surface area (Å²) >= 11 is 11.2. The summed E-state index contributed by atoms with van der Waals surface area (Å²) in [6, 6.07) is 0. The van der Waals surface area contributed by atoms with Gasteiger partial charge in [-0.25, -0.2) is 0 Å². The molecule has 0 aromatic carbocycles. The van der Waals surface area contributed by atoms with Gasteiger partial charge in [0.2, 0.25) is 0 Å². The Morgan fingerprint density at radius 1 is 1.47 bits per heavy atom. The van der Waals surface area contributed by atoms with Crippen LogP contribution >= 0.6 is 23.8 Å². The molecule has 0 aliphatic carbocycles. The Balaban J connectivity index is 2.34. The maximum atomic E-state index is 6.05. The third kappa shape index (κ3) is 4.91. The number of aromatic nitrogens is 2. The van der Waals surface area contributed by atoms with Gasteiger partial charge in [0.15, 0.2) is 5.11 Å². The summed E-state index contributed by atoms with van der Waals surface area (Å²) in [7, 11) is 0. The van der Waals surface area contributed by atoms with Crippen molar-refractivity contribution >= 4 is 28.9 Å². The average Bonchev–Trinajstić information content (AvgIpc) is 2.68. The van der Waals surface area contributed by atoms with Crippen molar-refractivity contribution in [2.45, 2.75) is 39.8 Å². The molecule has 1 aromatic rings. The maximum absolute atomic E-state index is 6.05. The summed E-state index contributed by atoms with van der Waals surface area (Å²) in [4.78, 5) is 0. The molecule has 6 heteroatoms. The number of hydrogen-bond donors (Lipinski definition) is 2. The molecule has 4 nitrogen and oxygen atoms in total. The molecule has 0 atom stereocenters. The van der Waals surface area contributed by atoms with E-state index in [2.05, 4.69) is 22.7 Å². The van der Waals surface area contributed by atoms with E-state index >= 15 is 0 Å². The van der Waals surface area contributed by atoms with Crippen LogP contribution in [0.5, 0.6) is 0 Å². The molecule has 1 aromatic heterocycles. The lowest BCUT2D eigenvalue weighted by molar-refractivity contribution is 0.641. The van der Waals surface area contributed by atoms with Gasteiger partial charge in [-0.05, 0) is 25.6 Å². The molecule has 0 aliphatic rings. The summed E-state index contributed by atoms with van der Waals surface area (Å²) in [5, 5.41) is 11.9. The number of aryl methyl sites for hydroxylation is 1. The lowest BCUT2D eigenvalue weighted by atomic mass is 10.3. The molecule has 1 rings (SSSR count). The molecule has 17 heavy (non-hydrogen) atoms. The third-order valence-electron chi connectivity index (χ3n) is 2.34. The van der Waals surface area contributed by atoms with E-state index in [0.29, 0.717) is 16.7 Å². The summed E-state index contributed by atoms with van der Waals surface area (Å²) in [5.41, 5.74) is 0.827. The predicted molar refractivity (Wildman–Crippen MR) is 75.3 cm³/mol. The van der Waals surface area contributed by atoms with Crippen molar-refractivity contribution in [3.8, 4) is 0 Å². The summed E-state index contributed by atoms with van der Waals surface area (Å²) in [5.74, 6) is 0. The number of hydrogen-bond acceptors (Lipinski definition) is 2. The van der Waals surface area contributed by atoms with Gasteiger partial charge in [0.05, 0.1) is 11.6 Å². The first kappa shape index (κ1) is 14.3. The normalized spacial score (nSPS) is 10.3. The first-order chi connectivity index (χ1) is 8.17. The lowest BCUT2D eigenvalue weighted by Crippen LogP contribution is -2.35. The van der Waals surface area contributed by atoms with Gasteiger partial charge < -0.3 is 10.6 Å². The highest BCUT2D eigenvalue weighted by Crippen LogP contribution is 2.13. The summed E-state index contributed by atoms with van der Waals surface area (Å²) in [6.07, 6.45) is 4.10. The van der Waals surface area contributed by atoms with Gasteiger partial charge in [0, 0.05) is 19.3 Å². The first-order valence-corrected chi connectivity index (χ1v) is 6.69. The molecule has 0 spiro atoms. The standard InChI is InChI=1S/C11H19ClN4S/c1-3-5-6-13-11(17)14-7-10-9(12)8-16(4-2)15-10/h8H,3-7H2,1-2H3,(H2,13,14,17). The van der Waals surface area contributed by atoms with Crippen LogP contribution in [-0.2, 0) is 13.1 Å². The highest BCUT2D eigenvalue weighted by atomic mass is 35.5. The van der Waals surface area contributed by atoms with E-state index in [0.717, 1.165) is 31.6 Å². The summed E-state index contributed by atoms with van der Waals surface area (Å²) in [6.45, 7) is 6.45. The van der Waals surface area contributed by atoms with Crippen LogP contribution in [0.3, 0.4) is 0 Å². The molecule has 0 saturated carbocycles. The Morgan fingerprint density at radius 3 is 2.82 bits per heavy atom. The number of halogens is 1. The monoisotopic (exact) mass is 274 g/mol. The molecule has 0 fully saturated rings. The molecule has 96 valence electrons. The van der Waals surface area contributed by atoms with Crippen LogP contribution in [0.2, 0.25) is 5.02 Å². The SMILES string of the molecule is CCCCNC(=S)NCc1nn(CC)cc1Cl. The highest BCUT2D eigenvalue weighted by molar-refractivity contribution is 7.80. The van der Waals surface area contributed by atoms with Gasteiger partial charge in [-0.2, -0.15) is 5.10 Å². The zero-order valence-corrected chi connectivity index (χ0v) is 11.9. The second-order valence-electron chi connectivity index (χ2n) is 3.74. The fourth-order valence-electron chi connectivity index (χ4n) is 1.32. The Morgan fingerprint density at radius 2 is 2.24 bits per heavy atom. The first-order valence-electron chi connectivity index (χ1n) is 5.90. The molecule has 0 amide bonds. The van der Waals surface area contributed by atoms with Crippen LogP contribution in [0.1, 0.15) is 32.4 Å². The predicted octanol–water partition coefficient (Wildman–Crippen LogP) is 2.32. The van der Waals surface area contributed by atoms with Crippen LogP contribution in [0.4, 0.5) is 0 Å². The van der Waals surface area contributed by atoms with Gasteiger partial charge in [0.25, 0.3) is 0 Å². The van der Waals surface area contributed by atoms with Gasteiger partial charge in [-0.3, -0.25) is 4.68 Å². The molecular weight excluding hydrogens is 256 g/mol. The van der Waals surface area contributed by atoms with Crippen LogP contribution in [0.15, 0.2) is 6.20 Å². The summed E-state index contributed by atoms with van der Waals surface area (Å²) < 4.78 is 1.81. The van der Waals surface area contributed by atoms with E-state index in [4.69, 9.17) is 23.8 Å². The van der Waals surface area contributed by atoms with Crippen molar-refractivity contribution in [2.24, 2.45) is 0 Å². The molecule has 0 radical (unpaired) electrons. The van der Waals surface area contributed by atoms with Crippen LogP contribution in [0.25, 0.3) is 0 Å². The Bertz CT molecular complexity index is 364. The van der Waals surface area contributed by atoms with Crippen molar-refractivity contribution in [1.29, 1.82) is 0 Å². The van der Waals surface area contributed by atoms with Gasteiger partial charge in [-0.1, -0.05) is 24.9 Å². The quantitative estimate of drug-likeness (QED) is 0.617. The third-order valence-corrected chi connectivity index (χ3v) is 2.95. The second-order valence-corrected chi connectivity index (χ2v) is 4.56. The van der Waals surface area contributed by atoms with E-state index in [9.17, 15) is 0 Å². The number of nitrogens with zero attached hydrogens (tertiary/aromatic N) is 2. The van der Waals surface area contributed by atoms with Gasteiger partial charge in [-0.15, -0.1) is 0 Å². The maximum Gasteiger partial charge on any atom is 0.166 e. The van der Waals surface area contributed by atoms with Crippen LogP contribution in [0, 0.1) is 0 Å². The molecule has 2 N–H and O–H groups in total. The number of unbranched alkanes of at least 4 members (excludes halogenated alkanes) is 1. The van der Waals surface area contributed by atoms with Crippen molar-refractivity contribution in [2.75, 3.05) is 6.54 Å². The molecular formula is C11H19ClN4S. The topological polar surface area (TPSA) is 41.9 Å². The van der Waals surface area contributed by atoms with E-state index in [1.54, 1.807) is 0 Å². The fraction of sp³-hybridized carbons (Fsp3) is 0.636. The zero-order chi connectivity index (χ0) is 12.7. The Kier molecular flexibility index (Phi) is 6.29. The molecule has 0 aliphatic heterocycles. The minimum absolute atomic E-state index is 0.559. The number of rotatable bonds is 6. The Hall–Kier alpha value is -0.810. The molecule has 1 heterocycles. The van der Waals surface area contributed by atoms with Crippen molar-refractivity contribution in [3.63, 3.8) is 0 Å². The smallest absolute Gasteiger partial charge is 0.166 e. The van der Waals surface area contributed by atoms with E-state index in [-0.39, 0.29) is 0 Å². The fourth-order valence-corrected chi connectivity index (χ4v) is 1.72. The van der Waals surface area contributed by atoms with E-state index < -0.39 is 0 Å². The average molecular weight is 275 g/mol. The zero-order valence-electron chi connectivity index (χ0n) is 10.3. The minimum atomic E-state index is 0.559. The molecule has 0 bridgehead atoms. The number of thiocarbonyl (C=S) groups is 1. The van der Waals surface area contributed by atoms with Crippen LogP contribution < -0.4 is 10.6 Å². The number of nitrogens with one attached hydrogen (secondary N) is 2. The van der Waals surface area contributed by atoms with Gasteiger partial charge in [0.1, 0.15) is 5.69 Å². The van der Waals surface area contributed by atoms with Crippen LogP contribution in [-0.4, -0.2) is 21.4 Å². The lowest BCUT2D eigenvalue weighted by Gasteiger charge is -2.08. The Labute approximate surface area is 113 Å². The van der Waals surface area contributed by atoms with E-state index in [1.807, 2.05) is 17.8 Å². The van der Waals surface area contributed by atoms with Crippen molar-refractivity contribution < 1.29 is 0 Å². The largest absolute Gasteiger partial charge is 0.363 e. The second kappa shape index (κ2) is 7.50. The molecule has 0 unspecified atom stereocenters. The highest BCUT2D eigenvalue weighted by Gasteiger charge is 2.06.